The van der Waals surface area contributed by atoms with Crippen LogP contribution in [0.4, 0.5) is 0 Å². The summed E-state index contributed by atoms with van der Waals surface area (Å²) in [6.45, 7) is 2.61. The Bertz CT molecular complexity index is 357. The van der Waals surface area contributed by atoms with Crippen molar-refractivity contribution in [3.05, 3.63) is 0 Å². The first kappa shape index (κ1) is 14.8. The second-order valence-electron chi connectivity index (χ2n) is 3.96. The predicted molar refractivity (Wildman–Crippen MR) is 70.6 cm³/mol. The van der Waals surface area contributed by atoms with E-state index < -0.39 is 15.2 Å². The third kappa shape index (κ3) is 3.86. The minimum absolute atomic E-state index is 0.0822. The number of carbonyl (C=O) groups is 1. The van der Waals surface area contributed by atoms with Gasteiger partial charge in [0.15, 0.2) is 9.84 Å². The number of hydrogen-bond donors (Lipinski definition) is 1. The van der Waals surface area contributed by atoms with Crippen LogP contribution in [0.2, 0.25) is 0 Å². The van der Waals surface area contributed by atoms with Crippen LogP contribution in [-0.4, -0.2) is 54.9 Å². The number of hydrogen-bond acceptors (Lipinski definition) is 5. The molecule has 1 fully saturated rings. The van der Waals surface area contributed by atoms with Crippen molar-refractivity contribution in [2.24, 2.45) is 5.73 Å². The highest BCUT2D eigenvalue weighted by atomic mass is 32.2. The van der Waals surface area contributed by atoms with E-state index in [9.17, 15) is 13.2 Å². The van der Waals surface area contributed by atoms with Gasteiger partial charge in [-0.15, -0.1) is 0 Å². The molecule has 1 rings (SSSR count). The summed E-state index contributed by atoms with van der Waals surface area (Å²) in [5.74, 6) is 1.30. The van der Waals surface area contributed by atoms with Crippen molar-refractivity contribution in [2.75, 3.05) is 30.3 Å². The number of amides is 1. The van der Waals surface area contributed by atoms with Crippen LogP contribution < -0.4 is 5.73 Å². The summed E-state index contributed by atoms with van der Waals surface area (Å²) >= 11 is 1.59. The Morgan fingerprint density at radius 2 is 2.24 bits per heavy atom. The van der Waals surface area contributed by atoms with Gasteiger partial charge in [-0.25, -0.2) is 8.42 Å². The van der Waals surface area contributed by atoms with E-state index in [1.54, 1.807) is 18.7 Å². The maximum Gasteiger partial charge on any atom is 0.223 e. The molecule has 1 amide bonds. The molecule has 0 radical (unpaired) electrons. The van der Waals surface area contributed by atoms with Crippen LogP contribution in [0, 0.1) is 0 Å². The molecular formula is C10H20N2O3S2. The van der Waals surface area contributed by atoms with E-state index in [2.05, 4.69) is 0 Å². The fourth-order valence-electron chi connectivity index (χ4n) is 1.75. The lowest BCUT2D eigenvalue weighted by molar-refractivity contribution is -0.131. The lowest BCUT2D eigenvalue weighted by atomic mass is 10.2. The van der Waals surface area contributed by atoms with Gasteiger partial charge in [0.2, 0.25) is 5.91 Å². The second kappa shape index (κ2) is 6.61. The lowest BCUT2D eigenvalue weighted by Crippen LogP contribution is -2.50. The monoisotopic (exact) mass is 280 g/mol. The average molecular weight is 280 g/mol. The Labute approximate surface area is 107 Å². The molecule has 1 unspecified atom stereocenters. The van der Waals surface area contributed by atoms with E-state index in [1.165, 1.54) is 4.90 Å². The first-order valence-corrected chi connectivity index (χ1v) is 8.68. The zero-order valence-corrected chi connectivity index (χ0v) is 11.7. The Morgan fingerprint density at radius 1 is 1.53 bits per heavy atom. The zero-order chi connectivity index (χ0) is 12.9. The van der Waals surface area contributed by atoms with Gasteiger partial charge in [-0.3, -0.25) is 4.79 Å². The summed E-state index contributed by atoms with van der Waals surface area (Å²) in [7, 11) is -3.19. The third-order valence-electron chi connectivity index (χ3n) is 2.82. The molecule has 0 bridgehead atoms. The van der Waals surface area contributed by atoms with E-state index in [-0.39, 0.29) is 11.7 Å². The van der Waals surface area contributed by atoms with Gasteiger partial charge < -0.3 is 10.6 Å². The molecule has 0 aromatic carbocycles. The number of nitrogens with zero attached hydrogens (tertiary/aromatic N) is 1. The molecule has 1 saturated heterocycles. The standard InChI is InChI=1S/C10H20N2O3S2/c1-2-17(14,15)10-8-16-7-6-12(10)9(13)4-3-5-11/h10H,2-8,11H2,1H3. The highest BCUT2D eigenvalue weighted by Gasteiger charge is 2.35. The molecule has 0 aliphatic carbocycles. The molecule has 1 heterocycles. The summed E-state index contributed by atoms with van der Waals surface area (Å²) < 4.78 is 23.8. The zero-order valence-electron chi connectivity index (χ0n) is 10.1. The number of carbonyl (C=O) groups excluding carboxylic acids is 1. The van der Waals surface area contributed by atoms with Gasteiger partial charge in [0.25, 0.3) is 0 Å². The third-order valence-corrected chi connectivity index (χ3v) is 6.11. The van der Waals surface area contributed by atoms with Crippen molar-refractivity contribution < 1.29 is 13.2 Å². The summed E-state index contributed by atoms with van der Waals surface area (Å²) in [5, 5.41) is -0.642. The normalized spacial score (nSPS) is 21.5. The molecule has 0 aromatic heterocycles. The minimum atomic E-state index is -3.19. The number of sulfone groups is 1. The summed E-state index contributed by atoms with van der Waals surface area (Å²) in [4.78, 5) is 13.4. The second-order valence-corrected chi connectivity index (χ2v) is 7.56. The van der Waals surface area contributed by atoms with Gasteiger partial charge in [0.05, 0.1) is 0 Å². The van der Waals surface area contributed by atoms with Gasteiger partial charge in [0.1, 0.15) is 5.37 Å². The molecule has 2 N–H and O–H groups in total. The van der Waals surface area contributed by atoms with E-state index in [4.69, 9.17) is 5.73 Å². The van der Waals surface area contributed by atoms with E-state index in [0.29, 0.717) is 31.7 Å². The summed E-state index contributed by atoms with van der Waals surface area (Å²) in [5.41, 5.74) is 5.36. The van der Waals surface area contributed by atoms with Gasteiger partial charge in [-0.05, 0) is 13.0 Å². The van der Waals surface area contributed by atoms with Crippen LogP contribution in [0.15, 0.2) is 0 Å². The topological polar surface area (TPSA) is 80.5 Å². The molecule has 0 aromatic rings. The molecule has 100 valence electrons. The van der Waals surface area contributed by atoms with Crippen LogP contribution in [0.25, 0.3) is 0 Å². The fourth-order valence-corrected chi connectivity index (χ4v) is 4.74. The molecule has 17 heavy (non-hydrogen) atoms. The maximum absolute atomic E-state index is 11.9. The molecule has 7 heteroatoms. The Kier molecular flexibility index (Phi) is 5.75. The van der Waals surface area contributed by atoms with E-state index in [1.807, 2.05) is 0 Å². The van der Waals surface area contributed by atoms with Crippen LogP contribution in [0.3, 0.4) is 0 Å². The van der Waals surface area contributed by atoms with Gasteiger partial charge in [-0.1, -0.05) is 6.92 Å². The van der Waals surface area contributed by atoms with Gasteiger partial charge in [-0.2, -0.15) is 11.8 Å². The van der Waals surface area contributed by atoms with Crippen LogP contribution in [0.5, 0.6) is 0 Å². The molecule has 1 atom stereocenters. The van der Waals surface area contributed by atoms with Crippen LogP contribution >= 0.6 is 11.8 Å². The van der Waals surface area contributed by atoms with Gasteiger partial charge >= 0.3 is 0 Å². The van der Waals surface area contributed by atoms with Crippen molar-refractivity contribution in [2.45, 2.75) is 25.1 Å². The lowest BCUT2D eigenvalue weighted by Gasteiger charge is -2.34. The maximum atomic E-state index is 11.9. The van der Waals surface area contributed by atoms with Gasteiger partial charge in [0, 0.05) is 30.2 Å². The average Bonchev–Trinajstić information content (AvgIpc) is 2.36. The minimum Gasteiger partial charge on any atom is -0.330 e. The highest BCUT2D eigenvalue weighted by molar-refractivity contribution is 8.01. The largest absolute Gasteiger partial charge is 0.330 e. The van der Waals surface area contributed by atoms with Crippen molar-refractivity contribution in [1.82, 2.24) is 4.90 Å². The first-order chi connectivity index (χ1) is 8.03. The molecular weight excluding hydrogens is 260 g/mol. The van der Waals surface area contributed by atoms with Crippen molar-refractivity contribution in [3.63, 3.8) is 0 Å². The Balaban J connectivity index is 2.76. The number of rotatable bonds is 5. The fraction of sp³-hybridized carbons (Fsp3) is 0.900. The molecule has 1 aliphatic heterocycles. The summed E-state index contributed by atoms with van der Waals surface area (Å²) in [6.07, 6.45) is 0.957. The molecule has 0 spiro atoms. The van der Waals surface area contributed by atoms with E-state index in [0.717, 1.165) is 5.75 Å². The predicted octanol–water partition coefficient (Wildman–Crippen LogP) is 0.0615. The SMILES string of the molecule is CCS(=O)(=O)C1CSCCN1C(=O)CCCN. The Morgan fingerprint density at radius 3 is 2.82 bits per heavy atom. The Hall–Kier alpha value is -0.270. The smallest absolute Gasteiger partial charge is 0.223 e. The number of thioether (sulfide) groups is 1. The molecule has 5 nitrogen and oxygen atoms in total. The van der Waals surface area contributed by atoms with Crippen molar-refractivity contribution >= 4 is 27.5 Å². The first-order valence-electron chi connectivity index (χ1n) is 5.81. The van der Waals surface area contributed by atoms with Crippen molar-refractivity contribution in [3.8, 4) is 0 Å². The van der Waals surface area contributed by atoms with Crippen molar-refractivity contribution in [1.29, 1.82) is 0 Å². The molecule has 1 aliphatic rings. The van der Waals surface area contributed by atoms with Crippen LogP contribution in [0.1, 0.15) is 19.8 Å². The molecule has 0 saturated carbocycles. The highest BCUT2D eigenvalue weighted by Crippen LogP contribution is 2.22. The summed E-state index contributed by atoms with van der Waals surface area (Å²) in [6, 6.07) is 0. The quantitative estimate of drug-likeness (QED) is 0.770. The van der Waals surface area contributed by atoms with Crippen LogP contribution in [-0.2, 0) is 14.6 Å². The van der Waals surface area contributed by atoms with E-state index >= 15 is 0 Å². The number of nitrogens with two attached hydrogens (primary N) is 1.